The Kier molecular flexibility index (Phi) is 5.34. The average Bonchev–Trinajstić information content (AvgIpc) is 2.64. The van der Waals surface area contributed by atoms with Gasteiger partial charge >= 0.3 is 0 Å². The molecule has 0 spiro atoms. The number of carbonyl (C=O) groups excluding carboxylic acids is 1. The number of para-hydroxylation sites is 1. The van der Waals surface area contributed by atoms with Gasteiger partial charge in [-0.05, 0) is 44.0 Å². The van der Waals surface area contributed by atoms with E-state index in [0.29, 0.717) is 11.1 Å². The van der Waals surface area contributed by atoms with Gasteiger partial charge in [0.2, 0.25) is 0 Å². The van der Waals surface area contributed by atoms with Gasteiger partial charge in [0.15, 0.2) is 0 Å². The van der Waals surface area contributed by atoms with E-state index in [0.717, 1.165) is 26.3 Å². The number of benzene rings is 2. The van der Waals surface area contributed by atoms with Crippen LogP contribution in [0.2, 0.25) is 0 Å². The highest BCUT2D eigenvalue weighted by Gasteiger charge is 2.27. The van der Waals surface area contributed by atoms with Crippen LogP contribution in [0.4, 0.5) is 0 Å². The van der Waals surface area contributed by atoms with Crippen molar-refractivity contribution in [2.45, 2.75) is 25.7 Å². The van der Waals surface area contributed by atoms with Crippen LogP contribution in [-0.2, 0) is 14.8 Å². The Bertz CT molecular complexity index is 1170. The van der Waals surface area contributed by atoms with Crippen molar-refractivity contribution in [2.75, 3.05) is 7.05 Å². The van der Waals surface area contributed by atoms with Crippen LogP contribution in [0.25, 0.3) is 17.0 Å². The Balaban J connectivity index is 1.93. The van der Waals surface area contributed by atoms with Crippen molar-refractivity contribution in [3.8, 4) is 0 Å². The van der Waals surface area contributed by atoms with E-state index in [1.165, 1.54) is 13.1 Å². The average molecular weight is 394 g/mol. The molecule has 0 radical (unpaired) electrons. The van der Waals surface area contributed by atoms with Crippen LogP contribution >= 0.6 is 0 Å². The number of pyridine rings is 1. The fourth-order valence-electron chi connectivity index (χ4n) is 3.36. The SMILES string of the molecule is Cc1cc(C)c(S(=O)(=O)N(C)C(=O)/C=C/c2cccc3cccnc23)c(C)c1. The molecule has 0 N–H and O–H groups in total. The summed E-state index contributed by atoms with van der Waals surface area (Å²) in [5.41, 5.74) is 3.73. The fourth-order valence-corrected chi connectivity index (χ4v) is 4.86. The molecule has 144 valence electrons. The summed E-state index contributed by atoms with van der Waals surface area (Å²) in [6, 6.07) is 13.0. The first-order chi connectivity index (χ1) is 13.2. The van der Waals surface area contributed by atoms with Crippen LogP contribution in [0.15, 0.2) is 59.6 Å². The number of fused-ring (bicyclic) bond motifs is 1. The first-order valence-electron chi connectivity index (χ1n) is 8.84. The van der Waals surface area contributed by atoms with Gasteiger partial charge in [0, 0.05) is 30.3 Å². The number of sulfonamides is 1. The third-order valence-electron chi connectivity index (χ3n) is 4.60. The lowest BCUT2D eigenvalue weighted by Gasteiger charge is -2.19. The van der Waals surface area contributed by atoms with Crippen LogP contribution in [0.1, 0.15) is 22.3 Å². The van der Waals surface area contributed by atoms with Gasteiger partial charge in [0.1, 0.15) is 0 Å². The summed E-state index contributed by atoms with van der Waals surface area (Å²) in [6.45, 7) is 5.39. The van der Waals surface area contributed by atoms with Crippen LogP contribution in [0.3, 0.4) is 0 Å². The number of hydrogen-bond acceptors (Lipinski definition) is 4. The lowest BCUT2D eigenvalue weighted by Crippen LogP contribution is -2.32. The molecule has 1 amide bonds. The van der Waals surface area contributed by atoms with Crippen LogP contribution < -0.4 is 0 Å². The zero-order valence-electron chi connectivity index (χ0n) is 16.3. The van der Waals surface area contributed by atoms with Gasteiger partial charge in [-0.15, -0.1) is 0 Å². The Labute approximate surface area is 165 Å². The fraction of sp³-hybridized carbons (Fsp3) is 0.182. The Morgan fingerprint density at radius 1 is 1.04 bits per heavy atom. The van der Waals surface area contributed by atoms with E-state index in [2.05, 4.69) is 4.98 Å². The topological polar surface area (TPSA) is 67.3 Å². The van der Waals surface area contributed by atoms with E-state index in [-0.39, 0.29) is 4.90 Å². The van der Waals surface area contributed by atoms with E-state index >= 15 is 0 Å². The molecule has 2 aromatic carbocycles. The molecule has 0 atom stereocenters. The molecule has 0 bridgehead atoms. The molecule has 3 aromatic rings. The van der Waals surface area contributed by atoms with Crippen LogP contribution in [0, 0.1) is 20.8 Å². The van der Waals surface area contributed by atoms with Crippen molar-refractivity contribution in [3.05, 3.63) is 77.0 Å². The van der Waals surface area contributed by atoms with Crippen LogP contribution in [-0.4, -0.2) is 30.7 Å². The number of aromatic nitrogens is 1. The molecule has 6 heteroatoms. The maximum atomic E-state index is 13.0. The molecular weight excluding hydrogens is 372 g/mol. The number of carbonyl (C=O) groups is 1. The summed E-state index contributed by atoms with van der Waals surface area (Å²) in [6.07, 6.45) is 4.54. The number of aryl methyl sites for hydroxylation is 3. The predicted molar refractivity (Wildman–Crippen MR) is 111 cm³/mol. The molecule has 0 aliphatic rings. The minimum absolute atomic E-state index is 0.175. The van der Waals surface area contributed by atoms with Gasteiger partial charge in [0.25, 0.3) is 15.9 Å². The lowest BCUT2D eigenvalue weighted by molar-refractivity contribution is -0.120. The van der Waals surface area contributed by atoms with E-state index in [4.69, 9.17) is 0 Å². The van der Waals surface area contributed by atoms with Crippen molar-refractivity contribution >= 4 is 32.9 Å². The monoisotopic (exact) mass is 394 g/mol. The standard InChI is InChI=1S/C22H22N2O3S/c1-15-13-16(2)22(17(3)14-15)28(26,27)24(4)20(25)11-10-19-8-5-7-18-9-6-12-23-21(18)19/h5-14H,1-4H3/b11-10+. The molecule has 0 saturated heterocycles. The zero-order valence-corrected chi connectivity index (χ0v) is 17.1. The van der Waals surface area contributed by atoms with Crippen molar-refractivity contribution in [2.24, 2.45) is 0 Å². The van der Waals surface area contributed by atoms with Gasteiger partial charge in [-0.25, -0.2) is 12.7 Å². The highest BCUT2D eigenvalue weighted by atomic mass is 32.2. The maximum Gasteiger partial charge on any atom is 0.267 e. The summed E-state index contributed by atoms with van der Waals surface area (Å²) in [7, 11) is -2.67. The number of likely N-dealkylation sites (N-methyl/N-ethyl adjacent to an activating group) is 1. The third kappa shape index (κ3) is 3.68. The highest BCUT2D eigenvalue weighted by molar-refractivity contribution is 7.89. The summed E-state index contributed by atoms with van der Waals surface area (Å²) in [5, 5.41) is 0.948. The lowest BCUT2D eigenvalue weighted by atomic mass is 10.1. The molecular formula is C22H22N2O3S. The smallest absolute Gasteiger partial charge is 0.267 e. The van der Waals surface area contributed by atoms with Gasteiger partial charge < -0.3 is 0 Å². The normalized spacial score (nSPS) is 11.9. The summed E-state index contributed by atoms with van der Waals surface area (Å²) in [5.74, 6) is -0.618. The van der Waals surface area contributed by atoms with Gasteiger partial charge in [-0.3, -0.25) is 9.78 Å². The molecule has 0 saturated carbocycles. The minimum atomic E-state index is -3.95. The van der Waals surface area contributed by atoms with Crippen molar-refractivity contribution in [3.63, 3.8) is 0 Å². The molecule has 1 heterocycles. The van der Waals surface area contributed by atoms with Gasteiger partial charge in [-0.1, -0.05) is 42.0 Å². The molecule has 0 unspecified atom stereocenters. The van der Waals surface area contributed by atoms with Gasteiger partial charge in [-0.2, -0.15) is 0 Å². The first kappa shape index (κ1) is 19.8. The molecule has 3 rings (SSSR count). The molecule has 1 aromatic heterocycles. The zero-order chi connectivity index (χ0) is 20.5. The van der Waals surface area contributed by atoms with Gasteiger partial charge in [0.05, 0.1) is 10.4 Å². The van der Waals surface area contributed by atoms with Crippen molar-refractivity contribution < 1.29 is 13.2 Å². The molecule has 0 aliphatic heterocycles. The molecule has 0 fully saturated rings. The quantitative estimate of drug-likeness (QED) is 0.627. The number of rotatable bonds is 4. The Morgan fingerprint density at radius 2 is 1.68 bits per heavy atom. The number of amides is 1. The van der Waals surface area contributed by atoms with Crippen molar-refractivity contribution in [1.82, 2.24) is 9.29 Å². The molecule has 5 nitrogen and oxygen atoms in total. The summed E-state index contributed by atoms with van der Waals surface area (Å²) in [4.78, 5) is 17.1. The molecule has 0 aliphatic carbocycles. The van der Waals surface area contributed by atoms with E-state index in [9.17, 15) is 13.2 Å². The minimum Gasteiger partial charge on any atom is -0.269 e. The second-order valence-electron chi connectivity index (χ2n) is 6.79. The third-order valence-corrected chi connectivity index (χ3v) is 6.66. The highest BCUT2D eigenvalue weighted by Crippen LogP contribution is 2.25. The second-order valence-corrected chi connectivity index (χ2v) is 8.70. The summed E-state index contributed by atoms with van der Waals surface area (Å²) < 4.78 is 26.8. The summed E-state index contributed by atoms with van der Waals surface area (Å²) >= 11 is 0. The number of nitrogens with zero attached hydrogens (tertiary/aromatic N) is 2. The predicted octanol–water partition coefficient (Wildman–Crippen LogP) is 4.02. The van der Waals surface area contributed by atoms with E-state index < -0.39 is 15.9 Å². The maximum absolute atomic E-state index is 13.0. The first-order valence-corrected chi connectivity index (χ1v) is 10.3. The Hall–Kier alpha value is -2.99. The van der Waals surface area contributed by atoms with Crippen molar-refractivity contribution in [1.29, 1.82) is 0 Å². The molecule has 28 heavy (non-hydrogen) atoms. The van der Waals surface area contributed by atoms with E-state index in [1.807, 2.05) is 37.3 Å². The number of hydrogen-bond donors (Lipinski definition) is 0. The van der Waals surface area contributed by atoms with E-state index in [1.54, 1.807) is 38.3 Å². The Morgan fingerprint density at radius 3 is 2.36 bits per heavy atom. The largest absolute Gasteiger partial charge is 0.269 e. The second kappa shape index (κ2) is 7.56. The van der Waals surface area contributed by atoms with Crippen LogP contribution in [0.5, 0.6) is 0 Å².